The van der Waals surface area contributed by atoms with Gasteiger partial charge < -0.3 is 14.3 Å². The lowest BCUT2D eigenvalue weighted by Gasteiger charge is -2.19. The highest BCUT2D eigenvalue weighted by molar-refractivity contribution is 5.96. The number of aromatic amines is 1. The molecule has 5 rings (SSSR count). The molecule has 0 aliphatic heterocycles. The van der Waals surface area contributed by atoms with Gasteiger partial charge in [-0.25, -0.2) is 4.79 Å². The quantitative estimate of drug-likeness (QED) is 0.216. The first kappa shape index (κ1) is 28.4. The van der Waals surface area contributed by atoms with Gasteiger partial charge in [-0.2, -0.15) is 18.4 Å². The number of benzene rings is 3. The number of rotatable bonds is 6. The average molecular weight is 570 g/mol. The van der Waals surface area contributed by atoms with Crippen LogP contribution >= 0.6 is 0 Å². The van der Waals surface area contributed by atoms with Gasteiger partial charge in [0.05, 0.1) is 24.4 Å². The minimum Gasteiger partial charge on any atom is -0.461 e. The zero-order valence-corrected chi connectivity index (χ0v) is 23.1. The Bertz CT molecular complexity index is 1930. The number of halogens is 3. The van der Waals surface area contributed by atoms with E-state index in [1.165, 1.54) is 10.6 Å². The molecule has 0 spiro atoms. The summed E-state index contributed by atoms with van der Waals surface area (Å²) in [6.45, 7) is 5.78. The molecule has 3 aromatic carbocycles. The predicted molar refractivity (Wildman–Crippen MR) is 154 cm³/mol. The van der Waals surface area contributed by atoms with E-state index in [0.717, 1.165) is 44.8 Å². The SMILES string of the molecule is CCOC(=O)c1cc2ccc(-c3ccc(-c4cc(C(F)(F)F)c(C#N)c(=O)n4Cc4ccc(C)cc4C)cc3)cc2[nH]1. The van der Waals surface area contributed by atoms with Gasteiger partial charge in [0.25, 0.3) is 5.56 Å². The second-order valence-electron chi connectivity index (χ2n) is 10.0. The predicted octanol–water partition coefficient (Wildman–Crippen LogP) is 7.40. The monoisotopic (exact) mass is 569 g/mol. The number of hydrogen-bond acceptors (Lipinski definition) is 4. The fourth-order valence-corrected chi connectivity index (χ4v) is 5.03. The van der Waals surface area contributed by atoms with Crippen molar-refractivity contribution in [1.82, 2.24) is 9.55 Å². The maximum absolute atomic E-state index is 14.0. The lowest BCUT2D eigenvalue weighted by Crippen LogP contribution is -2.29. The number of carbonyl (C=O) groups is 1. The van der Waals surface area contributed by atoms with Crippen LogP contribution in [-0.2, 0) is 17.5 Å². The summed E-state index contributed by atoms with van der Waals surface area (Å²) in [4.78, 5) is 28.5. The lowest BCUT2D eigenvalue weighted by molar-refractivity contribution is -0.137. The van der Waals surface area contributed by atoms with E-state index in [4.69, 9.17) is 4.74 Å². The number of carbonyl (C=O) groups excluding carboxylic acids is 1. The Morgan fingerprint density at radius 3 is 2.29 bits per heavy atom. The van der Waals surface area contributed by atoms with Crippen molar-refractivity contribution in [2.45, 2.75) is 33.5 Å². The van der Waals surface area contributed by atoms with Crippen molar-refractivity contribution in [1.29, 1.82) is 5.26 Å². The fourth-order valence-electron chi connectivity index (χ4n) is 5.03. The maximum Gasteiger partial charge on any atom is 0.417 e. The van der Waals surface area contributed by atoms with Gasteiger partial charge in [0.15, 0.2) is 0 Å². The number of alkyl halides is 3. The van der Waals surface area contributed by atoms with E-state index in [2.05, 4.69) is 4.98 Å². The Labute approximate surface area is 239 Å². The number of aryl methyl sites for hydroxylation is 2. The van der Waals surface area contributed by atoms with Gasteiger partial charge in [-0.15, -0.1) is 0 Å². The van der Waals surface area contributed by atoms with Gasteiger partial charge in [-0.05, 0) is 66.8 Å². The van der Waals surface area contributed by atoms with Crippen LogP contribution in [0.5, 0.6) is 0 Å². The third kappa shape index (κ3) is 5.44. The second kappa shape index (κ2) is 11.1. The summed E-state index contributed by atoms with van der Waals surface area (Å²) in [5.41, 5.74) is 2.55. The van der Waals surface area contributed by atoms with Crippen LogP contribution in [0.25, 0.3) is 33.3 Å². The van der Waals surface area contributed by atoms with Crippen molar-refractivity contribution in [3.05, 3.63) is 117 Å². The molecule has 2 aromatic heterocycles. The summed E-state index contributed by atoms with van der Waals surface area (Å²) in [5.74, 6) is -0.452. The summed E-state index contributed by atoms with van der Waals surface area (Å²) >= 11 is 0. The highest BCUT2D eigenvalue weighted by Crippen LogP contribution is 2.35. The minimum atomic E-state index is -4.88. The molecular weight excluding hydrogens is 543 g/mol. The summed E-state index contributed by atoms with van der Waals surface area (Å²) in [7, 11) is 0. The van der Waals surface area contributed by atoms with Crippen LogP contribution in [0.15, 0.2) is 77.6 Å². The van der Waals surface area contributed by atoms with E-state index >= 15 is 0 Å². The van der Waals surface area contributed by atoms with Crippen molar-refractivity contribution in [3.8, 4) is 28.5 Å². The largest absolute Gasteiger partial charge is 0.461 e. The van der Waals surface area contributed by atoms with E-state index in [1.54, 1.807) is 37.3 Å². The van der Waals surface area contributed by atoms with Crippen molar-refractivity contribution in [3.63, 3.8) is 0 Å². The zero-order valence-electron chi connectivity index (χ0n) is 23.1. The Morgan fingerprint density at radius 2 is 1.64 bits per heavy atom. The van der Waals surface area contributed by atoms with Crippen LogP contribution in [0, 0.1) is 25.2 Å². The van der Waals surface area contributed by atoms with Crippen LogP contribution in [0.1, 0.15) is 45.2 Å². The first-order valence-electron chi connectivity index (χ1n) is 13.2. The van der Waals surface area contributed by atoms with Crippen molar-refractivity contribution >= 4 is 16.9 Å². The number of pyridine rings is 1. The number of esters is 1. The molecule has 1 N–H and O–H groups in total. The summed E-state index contributed by atoms with van der Waals surface area (Å²) in [6.07, 6.45) is -4.88. The van der Waals surface area contributed by atoms with Crippen LogP contribution in [-0.4, -0.2) is 22.1 Å². The topological polar surface area (TPSA) is 87.9 Å². The molecule has 0 bridgehead atoms. The van der Waals surface area contributed by atoms with Gasteiger partial charge in [0, 0.05) is 10.9 Å². The van der Waals surface area contributed by atoms with Crippen molar-refractivity contribution in [2.75, 3.05) is 6.61 Å². The molecule has 2 heterocycles. The number of nitrogens with zero attached hydrogens (tertiary/aromatic N) is 2. The summed E-state index contributed by atoms with van der Waals surface area (Å²) < 4.78 is 48.1. The molecule has 0 aliphatic carbocycles. The number of H-pyrrole nitrogens is 1. The molecule has 0 saturated heterocycles. The first-order chi connectivity index (χ1) is 20.0. The van der Waals surface area contributed by atoms with Crippen LogP contribution < -0.4 is 5.56 Å². The molecule has 0 amide bonds. The zero-order chi connectivity index (χ0) is 30.2. The van der Waals surface area contributed by atoms with E-state index in [-0.39, 0.29) is 18.8 Å². The summed E-state index contributed by atoms with van der Waals surface area (Å²) in [5, 5.41) is 10.3. The van der Waals surface area contributed by atoms with Crippen LogP contribution in [0.2, 0.25) is 0 Å². The Morgan fingerprint density at radius 1 is 0.952 bits per heavy atom. The van der Waals surface area contributed by atoms with E-state index in [1.807, 2.05) is 50.2 Å². The molecule has 0 aliphatic rings. The third-order valence-electron chi connectivity index (χ3n) is 7.18. The number of nitrogens with one attached hydrogen (secondary N) is 1. The number of aromatic nitrogens is 2. The molecule has 6 nitrogen and oxygen atoms in total. The standard InChI is InChI=1S/C33H26F3N3O3/c1-4-42-32(41)29-15-24-12-11-23(14-28(24)38-29)21-7-9-22(10-8-21)30-16-27(33(34,35)36)26(17-37)31(40)39(30)18-25-6-5-19(2)13-20(25)3/h5-16,38H,4,18H2,1-3H3. The Kier molecular flexibility index (Phi) is 7.48. The molecule has 0 radical (unpaired) electrons. The molecule has 9 heteroatoms. The number of hydrogen-bond donors (Lipinski definition) is 1. The first-order valence-corrected chi connectivity index (χ1v) is 13.2. The minimum absolute atomic E-state index is 0.00113. The van der Waals surface area contributed by atoms with Crippen molar-refractivity contribution < 1.29 is 22.7 Å². The van der Waals surface area contributed by atoms with Gasteiger partial charge in [0.1, 0.15) is 17.3 Å². The molecule has 5 aromatic rings. The average Bonchev–Trinajstić information content (AvgIpc) is 3.38. The highest BCUT2D eigenvalue weighted by Gasteiger charge is 2.36. The maximum atomic E-state index is 14.0. The molecule has 0 unspecified atom stereocenters. The van der Waals surface area contributed by atoms with E-state index < -0.39 is 28.8 Å². The van der Waals surface area contributed by atoms with Crippen LogP contribution in [0.3, 0.4) is 0 Å². The molecule has 0 saturated carbocycles. The van der Waals surface area contributed by atoms with Gasteiger partial charge in [0.2, 0.25) is 0 Å². The number of nitriles is 1. The van der Waals surface area contributed by atoms with Crippen molar-refractivity contribution in [2.24, 2.45) is 0 Å². The molecule has 42 heavy (non-hydrogen) atoms. The van der Waals surface area contributed by atoms with E-state index in [9.17, 15) is 28.0 Å². The number of fused-ring (bicyclic) bond motifs is 1. The lowest BCUT2D eigenvalue weighted by atomic mass is 9.99. The third-order valence-corrected chi connectivity index (χ3v) is 7.18. The summed E-state index contributed by atoms with van der Waals surface area (Å²) in [6, 6.07) is 22.1. The fraction of sp³-hybridized carbons (Fsp3) is 0.182. The van der Waals surface area contributed by atoms with Gasteiger partial charge >= 0.3 is 12.1 Å². The molecule has 0 fully saturated rings. The van der Waals surface area contributed by atoms with Gasteiger partial charge in [-0.3, -0.25) is 4.79 Å². The molecule has 0 atom stereocenters. The number of ether oxygens (including phenoxy) is 1. The highest BCUT2D eigenvalue weighted by atomic mass is 19.4. The van der Waals surface area contributed by atoms with Gasteiger partial charge in [-0.1, -0.05) is 60.2 Å². The smallest absolute Gasteiger partial charge is 0.417 e. The van der Waals surface area contributed by atoms with Crippen LogP contribution in [0.4, 0.5) is 13.2 Å². The van der Waals surface area contributed by atoms with E-state index in [0.29, 0.717) is 11.3 Å². The normalized spacial score (nSPS) is 11.5. The molecule has 212 valence electrons. The second-order valence-corrected chi connectivity index (χ2v) is 10.0. The molecular formula is C33H26F3N3O3. The Balaban J connectivity index is 1.59. The Hall–Kier alpha value is -5.10.